The Morgan fingerprint density at radius 1 is 1.64 bits per heavy atom. The van der Waals surface area contributed by atoms with Gasteiger partial charge in [0.25, 0.3) is 0 Å². The van der Waals surface area contributed by atoms with Gasteiger partial charge in [-0.2, -0.15) is 0 Å². The standard InChI is InChI=1S/C9H17NO4/c1-6-2-3-10(9(13)14)7(4-6)8(12)5-11/h6-8,11-12H,2-5H2,1H3,(H,13,14)/t6?,7-,8?/m1/s1. The molecule has 0 saturated carbocycles. The predicted molar refractivity (Wildman–Crippen MR) is 50.0 cm³/mol. The van der Waals surface area contributed by atoms with Crippen LogP contribution in [0.1, 0.15) is 19.8 Å². The molecule has 5 nitrogen and oxygen atoms in total. The Hall–Kier alpha value is -0.810. The van der Waals surface area contributed by atoms with Gasteiger partial charge in [-0.05, 0) is 18.8 Å². The topological polar surface area (TPSA) is 81.0 Å². The van der Waals surface area contributed by atoms with Gasteiger partial charge in [0.2, 0.25) is 0 Å². The van der Waals surface area contributed by atoms with E-state index < -0.39 is 18.2 Å². The quantitative estimate of drug-likeness (QED) is 0.595. The van der Waals surface area contributed by atoms with Crippen LogP contribution < -0.4 is 0 Å². The van der Waals surface area contributed by atoms with Crippen molar-refractivity contribution in [2.75, 3.05) is 13.2 Å². The molecule has 1 aliphatic heterocycles. The molecule has 1 aliphatic rings. The number of hydrogen-bond donors (Lipinski definition) is 3. The molecule has 5 heteroatoms. The molecule has 0 bridgehead atoms. The van der Waals surface area contributed by atoms with Crippen LogP contribution in [0, 0.1) is 5.92 Å². The average molecular weight is 203 g/mol. The van der Waals surface area contributed by atoms with Gasteiger partial charge in [-0.3, -0.25) is 0 Å². The van der Waals surface area contributed by atoms with Crippen LogP contribution in [-0.4, -0.2) is 51.6 Å². The van der Waals surface area contributed by atoms with Crippen molar-refractivity contribution in [2.24, 2.45) is 5.92 Å². The van der Waals surface area contributed by atoms with Crippen molar-refractivity contribution < 1.29 is 20.1 Å². The lowest BCUT2D eigenvalue weighted by Gasteiger charge is -2.38. The van der Waals surface area contributed by atoms with E-state index in [1.807, 2.05) is 6.92 Å². The molecular weight excluding hydrogens is 186 g/mol. The SMILES string of the molecule is CC1CCN(C(=O)O)[C@@H](C(O)CO)C1. The van der Waals surface area contributed by atoms with Gasteiger partial charge in [-0.25, -0.2) is 4.79 Å². The summed E-state index contributed by atoms with van der Waals surface area (Å²) in [6, 6.07) is -0.457. The Labute approximate surface area is 83.0 Å². The second kappa shape index (κ2) is 4.61. The van der Waals surface area contributed by atoms with E-state index in [1.165, 1.54) is 4.90 Å². The zero-order chi connectivity index (χ0) is 10.7. The highest BCUT2D eigenvalue weighted by Crippen LogP contribution is 2.24. The van der Waals surface area contributed by atoms with Crippen LogP contribution in [0.2, 0.25) is 0 Å². The molecule has 0 aliphatic carbocycles. The number of likely N-dealkylation sites (tertiary alicyclic amines) is 1. The van der Waals surface area contributed by atoms with Gasteiger partial charge in [0.05, 0.1) is 18.8 Å². The zero-order valence-electron chi connectivity index (χ0n) is 8.26. The number of hydrogen-bond acceptors (Lipinski definition) is 3. The fourth-order valence-electron chi connectivity index (χ4n) is 1.91. The average Bonchev–Trinajstić information content (AvgIpc) is 2.16. The predicted octanol–water partition coefficient (Wildman–Crippen LogP) is 0.118. The van der Waals surface area contributed by atoms with Gasteiger partial charge in [-0.15, -0.1) is 0 Å². The maximum atomic E-state index is 10.8. The van der Waals surface area contributed by atoms with Crippen molar-refractivity contribution in [1.82, 2.24) is 4.90 Å². The minimum absolute atomic E-state index is 0.388. The van der Waals surface area contributed by atoms with E-state index in [0.29, 0.717) is 18.9 Å². The Kier molecular flexibility index (Phi) is 3.71. The van der Waals surface area contributed by atoms with Gasteiger partial charge >= 0.3 is 6.09 Å². The summed E-state index contributed by atoms with van der Waals surface area (Å²) in [5.74, 6) is 0.400. The van der Waals surface area contributed by atoms with E-state index in [1.54, 1.807) is 0 Å². The highest BCUT2D eigenvalue weighted by atomic mass is 16.4. The number of carboxylic acid groups (broad SMARTS) is 1. The number of aliphatic hydroxyl groups is 2. The number of amides is 1. The van der Waals surface area contributed by atoms with Crippen molar-refractivity contribution in [3.8, 4) is 0 Å². The highest BCUT2D eigenvalue weighted by molar-refractivity contribution is 5.65. The molecule has 3 atom stereocenters. The maximum Gasteiger partial charge on any atom is 0.407 e. The molecule has 1 amide bonds. The van der Waals surface area contributed by atoms with Crippen LogP contribution in [0.25, 0.3) is 0 Å². The third-order valence-corrected chi connectivity index (χ3v) is 2.78. The largest absolute Gasteiger partial charge is 0.465 e. The Bertz CT molecular complexity index is 209. The van der Waals surface area contributed by atoms with Gasteiger partial charge in [-0.1, -0.05) is 6.92 Å². The molecule has 0 aromatic carbocycles. The van der Waals surface area contributed by atoms with Crippen LogP contribution in [0.3, 0.4) is 0 Å². The number of nitrogens with zero attached hydrogens (tertiary/aromatic N) is 1. The molecule has 2 unspecified atom stereocenters. The molecule has 1 fully saturated rings. The second-order valence-corrected chi connectivity index (χ2v) is 3.92. The van der Waals surface area contributed by atoms with Crippen LogP contribution >= 0.6 is 0 Å². The van der Waals surface area contributed by atoms with Crippen LogP contribution in [-0.2, 0) is 0 Å². The first kappa shape index (κ1) is 11.3. The molecule has 1 saturated heterocycles. The smallest absolute Gasteiger partial charge is 0.407 e. The van der Waals surface area contributed by atoms with Gasteiger partial charge < -0.3 is 20.2 Å². The summed E-state index contributed by atoms with van der Waals surface area (Å²) >= 11 is 0. The van der Waals surface area contributed by atoms with E-state index in [-0.39, 0.29) is 6.61 Å². The third-order valence-electron chi connectivity index (χ3n) is 2.78. The lowest BCUT2D eigenvalue weighted by atomic mass is 9.90. The van der Waals surface area contributed by atoms with Gasteiger partial charge in [0.1, 0.15) is 0 Å². The lowest BCUT2D eigenvalue weighted by Crippen LogP contribution is -2.52. The van der Waals surface area contributed by atoms with E-state index in [9.17, 15) is 9.90 Å². The lowest BCUT2D eigenvalue weighted by molar-refractivity contribution is -0.00927. The normalized spacial score (nSPS) is 30.1. The number of aliphatic hydroxyl groups excluding tert-OH is 2. The monoisotopic (exact) mass is 203 g/mol. The molecule has 0 spiro atoms. The Morgan fingerprint density at radius 2 is 2.29 bits per heavy atom. The van der Waals surface area contributed by atoms with Gasteiger partial charge in [0.15, 0.2) is 0 Å². The third kappa shape index (κ3) is 2.36. The van der Waals surface area contributed by atoms with Crippen LogP contribution in [0.5, 0.6) is 0 Å². The summed E-state index contributed by atoms with van der Waals surface area (Å²) < 4.78 is 0. The molecule has 1 heterocycles. The van der Waals surface area contributed by atoms with Crippen molar-refractivity contribution in [3.05, 3.63) is 0 Å². The first-order chi connectivity index (χ1) is 6.56. The van der Waals surface area contributed by atoms with Crippen LogP contribution in [0.15, 0.2) is 0 Å². The van der Waals surface area contributed by atoms with E-state index in [4.69, 9.17) is 10.2 Å². The van der Waals surface area contributed by atoms with E-state index in [0.717, 1.165) is 6.42 Å². The second-order valence-electron chi connectivity index (χ2n) is 3.92. The van der Waals surface area contributed by atoms with Crippen molar-refractivity contribution >= 4 is 6.09 Å². The van der Waals surface area contributed by atoms with Crippen molar-refractivity contribution in [3.63, 3.8) is 0 Å². The Morgan fingerprint density at radius 3 is 2.79 bits per heavy atom. The summed E-state index contributed by atoms with van der Waals surface area (Å²) in [5.41, 5.74) is 0. The molecule has 1 rings (SSSR count). The van der Waals surface area contributed by atoms with E-state index >= 15 is 0 Å². The molecule has 0 aromatic heterocycles. The minimum atomic E-state index is -1.02. The van der Waals surface area contributed by atoms with Crippen molar-refractivity contribution in [1.29, 1.82) is 0 Å². The first-order valence-corrected chi connectivity index (χ1v) is 4.84. The summed E-state index contributed by atoms with van der Waals surface area (Å²) in [4.78, 5) is 12.0. The molecule has 0 radical (unpaired) electrons. The maximum absolute atomic E-state index is 10.8. The minimum Gasteiger partial charge on any atom is -0.465 e. The number of piperidine rings is 1. The Balaban J connectivity index is 2.68. The summed E-state index contributed by atoms with van der Waals surface area (Å²) in [6.45, 7) is 2.08. The van der Waals surface area contributed by atoms with Gasteiger partial charge in [0, 0.05) is 6.54 Å². The number of rotatable bonds is 2. The summed E-state index contributed by atoms with van der Waals surface area (Å²) in [6.07, 6.45) is -0.544. The highest BCUT2D eigenvalue weighted by Gasteiger charge is 2.34. The first-order valence-electron chi connectivity index (χ1n) is 4.84. The van der Waals surface area contributed by atoms with Crippen LogP contribution in [0.4, 0.5) is 4.79 Å². The zero-order valence-corrected chi connectivity index (χ0v) is 8.26. The summed E-state index contributed by atoms with van der Waals surface area (Å²) in [5, 5.41) is 27.1. The molecule has 82 valence electrons. The molecule has 14 heavy (non-hydrogen) atoms. The molecule has 0 aromatic rings. The molecular formula is C9H17NO4. The number of carbonyl (C=O) groups is 1. The van der Waals surface area contributed by atoms with Crippen molar-refractivity contribution in [2.45, 2.75) is 31.9 Å². The van der Waals surface area contributed by atoms with E-state index in [2.05, 4.69) is 0 Å². The fraction of sp³-hybridized carbons (Fsp3) is 0.889. The molecule has 3 N–H and O–H groups in total. The summed E-state index contributed by atoms with van der Waals surface area (Å²) in [7, 11) is 0. The fourth-order valence-corrected chi connectivity index (χ4v) is 1.91.